The van der Waals surface area contributed by atoms with Gasteiger partial charge in [0, 0.05) is 18.2 Å². The second-order valence-electron chi connectivity index (χ2n) is 5.81. The van der Waals surface area contributed by atoms with Crippen molar-refractivity contribution < 1.29 is 9.18 Å². The summed E-state index contributed by atoms with van der Waals surface area (Å²) in [6.07, 6.45) is 3.63. The number of amides is 1. The topological polar surface area (TPSA) is 46.4 Å². The second-order valence-corrected chi connectivity index (χ2v) is 5.81. The molecule has 1 saturated carbocycles. The number of hydrogen-bond acceptors (Lipinski definition) is 2. The van der Waals surface area contributed by atoms with E-state index in [0.717, 1.165) is 17.0 Å². The van der Waals surface area contributed by atoms with E-state index in [9.17, 15) is 9.18 Å². The second kappa shape index (κ2) is 5.47. The number of halogens is 1. The Morgan fingerprint density at radius 2 is 2.29 bits per heavy atom. The van der Waals surface area contributed by atoms with Gasteiger partial charge >= 0.3 is 0 Å². The van der Waals surface area contributed by atoms with Crippen LogP contribution in [-0.4, -0.2) is 28.0 Å². The maximum atomic E-state index is 12.8. The average molecular weight is 289 g/mol. The molecule has 4 nitrogen and oxygen atoms in total. The summed E-state index contributed by atoms with van der Waals surface area (Å²) in [5.41, 5.74) is 2.55. The van der Waals surface area contributed by atoms with E-state index in [4.69, 9.17) is 0 Å². The standard InChI is InChI=1S/C16H20FN3O/c1-10(17)7-8-18-16(21)14-6-5-13-9-19-15(12-3-4-12)20(13)11(14)2/h5-6,9-10,12H,3-4,7-8H2,1-2H3,(H,18,21). The van der Waals surface area contributed by atoms with Gasteiger partial charge in [-0.05, 0) is 45.2 Å². The third-order valence-corrected chi connectivity index (χ3v) is 3.98. The molecule has 2 aromatic rings. The minimum atomic E-state index is -0.899. The normalized spacial score (nSPS) is 16.1. The van der Waals surface area contributed by atoms with Crippen LogP contribution in [0.5, 0.6) is 0 Å². The molecule has 1 amide bonds. The zero-order valence-electron chi connectivity index (χ0n) is 12.4. The third kappa shape index (κ3) is 2.77. The van der Waals surface area contributed by atoms with Crippen LogP contribution in [0.2, 0.25) is 0 Å². The largest absolute Gasteiger partial charge is 0.352 e. The van der Waals surface area contributed by atoms with Crippen molar-refractivity contribution in [3.63, 3.8) is 0 Å². The molecular formula is C16H20FN3O. The number of rotatable bonds is 5. The van der Waals surface area contributed by atoms with Crippen molar-refractivity contribution in [1.29, 1.82) is 0 Å². The molecular weight excluding hydrogens is 269 g/mol. The van der Waals surface area contributed by atoms with Crippen LogP contribution >= 0.6 is 0 Å². The van der Waals surface area contributed by atoms with Crippen LogP contribution in [0.3, 0.4) is 0 Å². The fourth-order valence-electron chi connectivity index (χ4n) is 2.62. The van der Waals surface area contributed by atoms with Gasteiger partial charge in [0.25, 0.3) is 5.91 Å². The van der Waals surface area contributed by atoms with E-state index in [2.05, 4.69) is 14.7 Å². The summed E-state index contributed by atoms with van der Waals surface area (Å²) in [6, 6.07) is 3.73. The molecule has 0 aliphatic heterocycles. The van der Waals surface area contributed by atoms with Crippen LogP contribution in [0.4, 0.5) is 4.39 Å². The van der Waals surface area contributed by atoms with Crippen molar-refractivity contribution in [3.8, 4) is 0 Å². The molecule has 1 aliphatic carbocycles. The lowest BCUT2D eigenvalue weighted by Gasteiger charge is -2.11. The molecule has 1 fully saturated rings. The number of fused-ring (bicyclic) bond motifs is 1. The van der Waals surface area contributed by atoms with Gasteiger partial charge in [-0.2, -0.15) is 0 Å². The van der Waals surface area contributed by atoms with Gasteiger partial charge in [0.05, 0.1) is 23.4 Å². The van der Waals surface area contributed by atoms with Gasteiger partial charge in [0.15, 0.2) is 0 Å². The smallest absolute Gasteiger partial charge is 0.253 e. The van der Waals surface area contributed by atoms with Gasteiger partial charge in [-0.1, -0.05) is 0 Å². The van der Waals surface area contributed by atoms with Crippen LogP contribution in [0.1, 0.15) is 54.0 Å². The lowest BCUT2D eigenvalue weighted by Crippen LogP contribution is -2.27. The molecule has 21 heavy (non-hydrogen) atoms. The Kier molecular flexibility index (Phi) is 3.66. The Labute approximate surface area is 123 Å². The first-order valence-electron chi connectivity index (χ1n) is 7.47. The van der Waals surface area contributed by atoms with E-state index in [-0.39, 0.29) is 5.91 Å². The molecule has 1 aliphatic rings. The molecule has 3 rings (SSSR count). The van der Waals surface area contributed by atoms with Crippen molar-refractivity contribution in [3.05, 3.63) is 35.4 Å². The molecule has 112 valence electrons. The zero-order valence-corrected chi connectivity index (χ0v) is 12.4. The summed E-state index contributed by atoms with van der Waals surface area (Å²) in [4.78, 5) is 16.7. The van der Waals surface area contributed by atoms with Gasteiger partial charge in [0.1, 0.15) is 5.82 Å². The quantitative estimate of drug-likeness (QED) is 0.919. The van der Waals surface area contributed by atoms with Crippen LogP contribution in [0, 0.1) is 6.92 Å². The van der Waals surface area contributed by atoms with Gasteiger partial charge < -0.3 is 5.32 Å². The predicted octanol–water partition coefficient (Wildman–Crippen LogP) is 3.00. The Balaban J connectivity index is 1.86. The third-order valence-electron chi connectivity index (χ3n) is 3.98. The lowest BCUT2D eigenvalue weighted by atomic mass is 10.1. The number of carbonyl (C=O) groups excluding carboxylic acids is 1. The number of hydrogen-bond donors (Lipinski definition) is 1. The number of carbonyl (C=O) groups is 1. The highest BCUT2D eigenvalue weighted by Gasteiger charge is 2.28. The summed E-state index contributed by atoms with van der Waals surface area (Å²) in [5.74, 6) is 1.43. The van der Waals surface area contributed by atoms with Crippen molar-refractivity contribution in [2.75, 3.05) is 6.54 Å². The van der Waals surface area contributed by atoms with Gasteiger partial charge in [0.2, 0.25) is 0 Å². The molecule has 0 bridgehead atoms. The predicted molar refractivity (Wildman–Crippen MR) is 79.4 cm³/mol. The van der Waals surface area contributed by atoms with Gasteiger partial charge in [-0.3, -0.25) is 9.20 Å². The van der Waals surface area contributed by atoms with Crippen LogP contribution < -0.4 is 5.32 Å². The van der Waals surface area contributed by atoms with E-state index < -0.39 is 6.17 Å². The molecule has 5 heteroatoms. The SMILES string of the molecule is Cc1c(C(=O)NCCC(C)F)ccc2cnc(C3CC3)n12. The van der Waals surface area contributed by atoms with Crippen molar-refractivity contribution in [2.24, 2.45) is 0 Å². The van der Waals surface area contributed by atoms with Gasteiger partial charge in [-0.25, -0.2) is 9.37 Å². The first-order chi connectivity index (χ1) is 10.1. The molecule has 2 heterocycles. The Morgan fingerprint density at radius 1 is 1.52 bits per heavy atom. The van der Waals surface area contributed by atoms with Crippen molar-refractivity contribution in [1.82, 2.24) is 14.7 Å². The monoisotopic (exact) mass is 289 g/mol. The van der Waals surface area contributed by atoms with Gasteiger partial charge in [-0.15, -0.1) is 0 Å². The molecule has 0 aromatic carbocycles. The average Bonchev–Trinajstić information content (AvgIpc) is 3.18. The maximum Gasteiger partial charge on any atom is 0.253 e. The molecule has 1 atom stereocenters. The van der Waals surface area contributed by atoms with E-state index in [1.165, 1.54) is 19.8 Å². The zero-order chi connectivity index (χ0) is 15.0. The fourth-order valence-corrected chi connectivity index (χ4v) is 2.62. The number of pyridine rings is 1. The lowest BCUT2D eigenvalue weighted by molar-refractivity contribution is 0.0949. The molecule has 1 unspecified atom stereocenters. The summed E-state index contributed by atoms with van der Waals surface area (Å²) >= 11 is 0. The summed E-state index contributed by atoms with van der Waals surface area (Å²) < 4.78 is 14.9. The minimum absolute atomic E-state index is 0.148. The van der Waals surface area contributed by atoms with E-state index in [1.54, 1.807) is 0 Å². The molecule has 2 aromatic heterocycles. The summed E-state index contributed by atoms with van der Waals surface area (Å²) in [6.45, 7) is 3.79. The van der Waals surface area contributed by atoms with Crippen molar-refractivity contribution in [2.45, 2.75) is 45.2 Å². The number of imidazole rings is 1. The van der Waals surface area contributed by atoms with E-state index in [0.29, 0.717) is 24.4 Å². The van der Waals surface area contributed by atoms with Crippen molar-refractivity contribution >= 4 is 11.4 Å². The molecule has 0 saturated heterocycles. The highest BCUT2D eigenvalue weighted by atomic mass is 19.1. The van der Waals surface area contributed by atoms with E-state index >= 15 is 0 Å². The summed E-state index contributed by atoms with van der Waals surface area (Å²) in [7, 11) is 0. The van der Waals surface area contributed by atoms with E-state index in [1.807, 2.05) is 25.3 Å². The van der Waals surface area contributed by atoms with Crippen LogP contribution in [0.15, 0.2) is 18.3 Å². The number of alkyl halides is 1. The minimum Gasteiger partial charge on any atom is -0.352 e. The molecule has 1 N–H and O–H groups in total. The van der Waals surface area contributed by atoms with Crippen LogP contribution in [-0.2, 0) is 0 Å². The number of nitrogens with zero attached hydrogens (tertiary/aromatic N) is 2. The highest BCUT2D eigenvalue weighted by molar-refractivity contribution is 5.95. The molecule has 0 radical (unpaired) electrons. The van der Waals surface area contributed by atoms with Crippen LogP contribution in [0.25, 0.3) is 5.52 Å². The first-order valence-corrected chi connectivity index (χ1v) is 7.47. The summed E-state index contributed by atoms with van der Waals surface area (Å²) in [5, 5.41) is 2.78. The number of aromatic nitrogens is 2. The first kappa shape index (κ1) is 14.0. The Morgan fingerprint density at radius 3 is 2.95 bits per heavy atom. The maximum absolute atomic E-state index is 12.8. The highest BCUT2D eigenvalue weighted by Crippen LogP contribution is 2.39. The number of nitrogens with one attached hydrogen (secondary N) is 1. The molecule has 0 spiro atoms. The Hall–Kier alpha value is -1.91. The fraction of sp³-hybridized carbons (Fsp3) is 0.500. The number of aryl methyl sites for hydroxylation is 1. The Bertz CT molecular complexity index is 673.